The third-order valence-corrected chi connectivity index (χ3v) is 3.00. The number of rotatable bonds is 0. The molecule has 0 saturated carbocycles. The van der Waals surface area contributed by atoms with Crippen molar-refractivity contribution in [3.8, 4) is 0 Å². The fourth-order valence-electron chi connectivity index (χ4n) is 2.29. The fourth-order valence-corrected chi connectivity index (χ4v) is 2.29. The number of pyridine rings is 1. The highest BCUT2D eigenvalue weighted by molar-refractivity contribution is 6.20. The second kappa shape index (κ2) is 2.64. The number of benzene rings is 2. The van der Waals surface area contributed by atoms with E-state index in [-0.39, 0.29) is 0 Å². The van der Waals surface area contributed by atoms with Gasteiger partial charge in [-0.1, -0.05) is 12.1 Å². The summed E-state index contributed by atoms with van der Waals surface area (Å²) in [6.07, 6.45) is 5.38. The summed E-state index contributed by atoms with van der Waals surface area (Å²) in [6.45, 7) is 0. The Morgan fingerprint density at radius 3 is 1.94 bits per heavy atom. The Morgan fingerprint density at radius 2 is 1.31 bits per heavy atom. The molecular formula is C13H7N3. The zero-order valence-electron chi connectivity index (χ0n) is 8.38. The van der Waals surface area contributed by atoms with Crippen molar-refractivity contribution in [2.24, 2.45) is 0 Å². The first kappa shape index (κ1) is 7.93. The molecule has 4 rings (SSSR count). The third kappa shape index (κ3) is 0.852. The van der Waals surface area contributed by atoms with Gasteiger partial charge in [-0.05, 0) is 12.1 Å². The highest BCUT2D eigenvalue weighted by atomic mass is 14.8. The number of aromatic nitrogens is 3. The molecule has 16 heavy (non-hydrogen) atoms. The first-order chi connectivity index (χ1) is 7.93. The Kier molecular flexibility index (Phi) is 1.31. The molecule has 0 radical (unpaired) electrons. The van der Waals surface area contributed by atoms with Crippen LogP contribution in [0.15, 0.2) is 43.0 Å². The van der Waals surface area contributed by atoms with Crippen LogP contribution in [0.1, 0.15) is 0 Å². The topological polar surface area (TPSA) is 38.7 Å². The summed E-state index contributed by atoms with van der Waals surface area (Å²) in [5.41, 5.74) is 1.99. The van der Waals surface area contributed by atoms with Crippen LogP contribution in [0.25, 0.3) is 32.6 Å². The Balaban J connectivity index is 2.51. The van der Waals surface area contributed by atoms with E-state index in [4.69, 9.17) is 0 Å². The van der Waals surface area contributed by atoms with Crippen molar-refractivity contribution in [1.82, 2.24) is 15.0 Å². The molecule has 0 amide bonds. The van der Waals surface area contributed by atoms with E-state index in [1.807, 2.05) is 24.5 Å². The fraction of sp³-hybridized carbons (Fsp3) is 0. The molecule has 0 aliphatic rings. The molecular weight excluding hydrogens is 198 g/mol. The monoisotopic (exact) mass is 205 g/mol. The molecule has 2 aromatic heterocycles. The molecule has 3 nitrogen and oxygen atoms in total. The lowest BCUT2D eigenvalue weighted by Gasteiger charge is -2.07. The number of hydrogen-bond donors (Lipinski definition) is 0. The zero-order valence-corrected chi connectivity index (χ0v) is 8.38. The first-order valence-electron chi connectivity index (χ1n) is 5.13. The van der Waals surface area contributed by atoms with Crippen molar-refractivity contribution >= 4 is 32.6 Å². The van der Waals surface area contributed by atoms with Crippen molar-refractivity contribution < 1.29 is 0 Å². The minimum atomic E-state index is 0.995. The molecule has 0 spiro atoms. The van der Waals surface area contributed by atoms with Gasteiger partial charge in [-0.25, -0.2) is 9.97 Å². The van der Waals surface area contributed by atoms with Crippen LogP contribution in [0.3, 0.4) is 0 Å². The summed E-state index contributed by atoms with van der Waals surface area (Å²) >= 11 is 0. The minimum absolute atomic E-state index is 0.995. The van der Waals surface area contributed by atoms with Crippen LogP contribution in [0.5, 0.6) is 0 Å². The first-order valence-corrected chi connectivity index (χ1v) is 5.13. The Hall–Kier alpha value is -2.29. The zero-order chi connectivity index (χ0) is 10.5. The maximum atomic E-state index is 4.30. The summed E-state index contributed by atoms with van der Waals surface area (Å²) in [7, 11) is 0. The molecule has 2 heterocycles. The largest absolute Gasteiger partial charge is 0.263 e. The van der Waals surface area contributed by atoms with Gasteiger partial charge in [0.1, 0.15) is 6.33 Å². The molecule has 0 atom stereocenters. The molecule has 2 aromatic carbocycles. The summed E-state index contributed by atoms with van der Waals surface area (Å²) in [5.74, 6) is 0. The number of hydrogen-bond acceptors (Lipinski definition) is 3. The summed E-state index contributed by atoms with van der Waals surface area (Å²) in [5, 5.41) is 4.64. The summed E-state index contributed by atoms with van der Waals surface area (Å²) in [4.78, 5) is 12.8. The maximum Gasteiger partial charge on any atom is 0.116 e. The van der Waals surface area contributed by atoms with E-state index in [0.717, 1.165) is 27.2 Å². The molecule has 0 bridgehead atoms. The van der Waals surface area contributed by atoms with E-state index in [2.05, 4.69) is 27.1 Å². The highest BCUT2D eigenvalue weighted by Gasteiger charge is 2.08. The van der Waals surface area contributed by atoms with Gasteiger partial charge in [-0.15, -0.1) is 0 Å². The van der Waals surface area contributed by atoms with E-state index in [0.29, 0.717) is 0 Å². The molecule has 3 heteroatoms. The van der Waals surface area contributed by atoms with E-state index < -0.39 is 0 Å². The van der Waals surface area contributed by atoms with Gasteiger partial charge in [0.05, 0.1) is 11.0 Å². The third-order valence-electron chi connectivity index (χ3n) is 3.00. The number of nitrogens with zero attached hydrogens (tertiary/aromatic N) is 3. The van der Waals surface area contributed by atoms with Crippen molar-refractivity contribution in [2.45, 2.75) is 0 Å². The van der Waals surface area contributed by atoms with Gasteiger partial charge >= 0.3 is 0 Å². The molecule has 0 unspecified atom stereocenters. The maximum absolute atomic E-state index is 4.30. The van der Waals surface area contributed by atoms with Gasteiger partial charge in [0.15, 0.2) is 0 Å². The van der Waals surface area contributed by atoms with Crippen molar-refractivity contribution in [2.75, 3.05) is 0 Å². The molecule has 0 fully saturated rings. The van der Waals surface area contributed by atoms with Crippen LogP contribution in [0.4, 0.5) is 0 Å². The lowest BCUT2D eigenvalue weighted by atomic mass is 10.0. The van der Waals surface area contributed by atoms with Crippen LogP contribution in [-0.2, 0) is 0 Å². The standard InChI is InChI=1S/C13H7N3/c1-3-10-13-11(16-7-15-10)4-2-9-6-14-5-8(1)12(9)13/h1-7H. The van der Waals surface area contributed by atoms with Crippen LogP contribution in [0.2, 0.25) is 0 Å². The van der Waals surface area contributed by atoms with E-state index in [1.165, 1.54) is 5.39 Å². The summed E-state index contributed by atoms with van der Waals surface area (Å²) in [6, 6.07) is 8.16. The highest BCUT2D eigenvalue weighted by Crippen LogP contribution is 2.31. The average molecular weight is 205 g/mol. The van der Waals surface area contributed by atoms with Crippen molar-refractivity contribution in [3.63, 3.8) is 0 Å². The molecule has 0 aliphatic carbocycles. The Morgan fingerprint density at radius 1 is 0.688 bits per heavy atom. The van der Waals surface area contributed by atoms with Gasteiger partial charge in [-0.2, -0.15) is 0 Å². The van der Waals surface area contributed by atoms with Gasteiger partial charge in [0.25, 0.3) is 0 Å². The Labute approximate surface area is 91.1 Å². The minimum Gasteiger partial charge on any atom is -0.263 e. The van der Waals surface area contributed by atoms with E-state index in [9.17, 15) is 0 Å². The SMILES string of the molecule is c1nc2ccc3cncc4ccc(n1)c2c34. The molecule has 0 aliphatic heterocycles. The van der Waals surface area contributed by atoms with Crippen LogP contribution in [0, 0.1) is 0 Å². The lowest BCUT2D eigenvalue weighted by Crippen LogP contribution is -1.88. The molecule has 0 saturated heterocycles. The van der Waals surface area contributed by atoms with Crippen LogP contribution in [-0.4, -0.2) is 15.0 Å². The van der Waals surface area contributed by atoms with Crippen LogP contribution < -0.4 is 0 Å². The second-order valence-electron chi connectivity index (χ2n) is 3.88. The molecule has 74 valence electrons. The predicted molar refractivity (Wildman–Crippen MR) is 63.5 cm³/mol. The van der Waals surface area contributed by atoms with E-state index >= 15 is 0 Å². The second-order valence-corrected chi connectivity index (χ2v) is 3.88. The Bertz CT molecular complexity index is 678. The van der Waals surface area contributed by atoms with Crippen LogP contribution >= 0.6 is 0 Å². The normalized spacial score (nSPS) is 11.8. The van der Waals surface area contributed by atoms with E-state index in [1.54, 1.807) is 6.33 Å². The predicted octanol–water partition coefficient (Wildman–Crippen LogP) is 2.77. The van der Waals surface area contributed by atoms with Crippen molar-refractivity contribution in [1.29, 1.82) is 0 Å². The van der Waals surface area contributed by atoms with Gasteiger partial charge < -0.3 is 0 Å². The smallest absolute Gasteiger partial charge is 0.116 e. The van der Waals surface area contributed by atoms with Gasteiger partial charge in [0, 0.05) is 33.9 Å². The molecule has 4 aromatic rings. The van der Waals surface area contributed by atoms with Gasteiger partial charge in [-0.3, -0.25) is 4.98 Å². The van der Waals surface area contributed by atoms with Crippen molar-refractivity contribution in [3.05, 3.63) is 43.0 Å². The van der Waals surface area contributed by atoms with Gasteiger partial charge in [0.2, 0.25) is 0 Å². The summed E-state index contributed by atoms with van der Waals surface area (Å²) < 4.78 is 0. The lowest BCUT2D eigenvalue weighted by molar-refractivity contribution is 1.26. The average Bonchev–Trinajstić information content (AvgIpc) is 2.36. The molecule has 0 N–H and O–H groups in total. The quantitative estimate of drug-likeness (QED) is 0.414.